The lowest BCUT2D eigenvalue weighted by molar-refractivity contribution is -0.137. The monoisotopic (exact) mass is 261 g/mol. The highest BCUT2D eigenvalue weighted by atomic mass is 16.4. The molecule has 0 aromatic carbocycles. The Morgan fingerprint density at radius 1 is 1.42 bits per heavy atom. The molecule has 0 spiro atoms. The van der Waals surface area contributed by atoms with E-state index >= 15 is 0 Å². The van der Waals surface area contributed by atoms with E-state index in [0.29, 0.717) is 12.5 Å². The van der Waals surface area contributed by atoms with Crippen molar-refractivity contribution >= 4 is 17.1 Å². The smallest absolute Gasteiger partial charge is 0.303 e. The molecule has 2 heterocycles. The SMILES string of the molecule is CC(C)n1c(CCCCC(=O)O)nc2cccnc21. The number of unbranched alkanes of at least 4 members (excludes halogenated alkanes) is 1. The third kappa shape index (κ3) is 3.10. The first kappa shape index (κ1) is 13.5. The lowest BCUT2D eigenvalue weighted by Crippen LogP contribution is -2.07. The number of imidazole rings is 1. The van der Waals surface area contributed by atoms with Gasteiger partial charge in [0, 0.05) is 25.1 Å². The lowest BCUT2D eigenvalue weighted by atomic mass is 10.2. The van der Waals surface area contributed by atoms with Crippen LogP contribution in [0.15, 0.2) is 18.3 Å². The minimum Gasteiger partial charge on any atom is -0.481 e. The maximum absolute atomic E-state index is 10.5. The van der Waals surface area contributed by atoms with Crippen LogP contribution in [0.4, 0.5) is 0 Å². The first-order valence-corrected chi connectivity index (χ1v) is 6.63. The van der Waals surface area contributed by atoms with Gasteiger partial charge in [0.1, 0.15) is 11.3 Å². The molecule has 0 radical (unpaired) electrons. The van der Waals surface area contributed by atoms with Crippen LogP contribution in [-0.2, 0) is 11.2 Å². The largest absolute Gasteiger partial charge is 0.481 e. The van der Waals surface area contributed by atoms with Crippen LogP contribution in [0, 0.1) is 0 Å². The summed E-state index contributed by atoms with van der Waals surface area (Å²) in [4.78, 5) is 19.5. The van der Waals surface area contributed by atoms with Crippen molar-refractivity contribution in [2.24, 2.45) is 0 Å². The summed E-state index contributed by atoms with van der Waals surface area (Å²) in [5.74, 6) is 0.258. The summed E-state index contributed by atoms with van der Waals surface area (Å²) in [5, 5.41) is 8.64. The Morgan fingerprint density at radius 2 is 2.21 bits per heavy atom. The first-order chi connectivity index (χ1) is 9.09. The van der Waals surface area contributed by atoms with Crippen LogP contribution >= 0.6 is 0 Å². The minimum absolute atomic E-state index is 0.222. The van der Waals surface area contributed by atoms with Crippen LogP contribution in [0.1, 0.15) is 45.0 Å². The third-order valence-corrected chi connectivity index (χ3v) is 3.08. The van der Waals surface area contributed by atoms with Gasteiger partial charge in [0.05, 0.1) is 0 Å². The van der Waals surface area contributed by atoms with Crippen molar-refractivity contribution in [1.29, 1.82) is 0 Å². The Balaban J connectivity index is 2.17. The molecular weight excluding hydrogens is 242 g/mol. The van der Waals surface area contributed by atoms with Gasteiger partial charge in [-0.15, -0.1) is 0 Å². The zero-order chi connectivity index (χ0) is 13.8. The second-order valence-corrected chi connectivity index (χ2v) is 4.94. The third-order valence-electron chi connectivity index (χ3n) is 3.08. The zero-order valence-electron chi connectivity index (χ0n) is 11.3. The molecule has 5 nitrogen and oxygen atoms in total. The Kier molecular flexibility index (Phi) is 4.14. The summed E-state index contributed by atoms with van der Waals surface area (Å²) in [5.41, 5.74) is 1.81. The molecule has 0 aliphatic heterocycles. The standard InChI is InChI=1S/C14H19N3O2/c1-10(2)17-12(7-3-4-8-13(18)19)16-11-6-5-9-15-14(11)17/h5-6,9-10H,3-4,7-8H2,1-2H3,(H,18,19). The summed E-state index contributed by atoms with van der Waals surface area (Å²) < 4.78 is 2.14. The fourth-order valence-corrected chi connectivity index (χ4v) is 2.25. The van der Waals surface area contributed by atoms with Crippen LogP contribution in [0.2, 0.25) is 0 Å². The van der Waals surface area contributed by atoms with Gasteiger partial charge in [0.2, 0.25) is 0 Å². The van der Waals surface area contributed by atoms with Gasteiger partial charge in [-0.3, -0.25) is 4.79 Å². The average Bonchev–Trinajstić information content (AvgIpc) is 2.72. The van der Waals surface area contributed by atoms with Gasteiger partial charge < -0.3 is 9.67 Å². The molecule has 0 saturated heterocycles. The normalized spacial score (nSPS) is 11.3. The fourth-order valence-electron chi connectivity index (χ4n) is 2.25. The number of carboxylic acid groups (broad SMARTS) is 1. The highest BCUT2D eigenvalue weighted by molar-refractivity contribution is 5.71. The van der Waals surface area contributed by atoms with E-state index in [1.54, 1.807) is 6.20 Å². The van der Waals surface area contributed by atoms with E-state index in [2.05, 4.69) is 28.4 Å². The molecule has 0 atom stereocenters. The van der Waals surface area contributed by atoms with Gasteiger partial charge in [0.15, 0.2) is 5.65 Å². The number of aliphatic carboxylic acids is 1. The number of carboxylic acids is 1. The number of hydrogen-bond acceptors (Lipinski definition) is 3. The Morgan fingerprint density at radius 3 is 2.89 bits per heavy atom. The molecule has 0 fully saturated rings. The van der Waals surface area contributed by atoms with Gasteiger partial charge in [-0.05, 0) is 38.8 Å². The highest BCUT2D eigenvalue weighted by Crippen LogP contribution is 2.20. The van der Waals surface area contributed by atoms with Gasteiger partial charge >= 0.3 is 5.97 Å². The van der Waals surface area contributed by atoms with Crippen molar-refractivity contribution in [2.45, 2.75) is 45.6 Å². The second-order valence-electron chi connectivity index (χ2n) is 4.94. The predicted octanol–water partition coefficient (Wildman–Crippen LogP) is 2.81. The van der Waals surface area contributed by atoms with E-state index < -0.39 is 5.97 Å². The maximum Gasteiger partial charge on any atom is 0.303 e. The summed E-state index contributed by atoms with van der Waals surface area (Å²) in [6, 6.07) is 4.14. The van der Waals surface area contributed by atoms with Crippen molar-refractivity contribution in [1.82, 2.24) is 14.5 Å². The number of aryl methyl sites for hydroxylation is 1. The van der Waals surface area contributed by atoms with E-state index in [4.69, 9.17) is 5.11 Å². The molecule has 0 aliphatic carbocycles. The molecule has 0 bridgehead atoms. The minimum atomic E-state index is -0.737. The topological polar surface area (TPSA) is 68.0 Å². The molecule has 19 heavy (non-hydrogen) atoms. The number of rotatable bonds is 6. The van der Waals surface area contributed by atoms with Crippen molar-refractivity contribution in [3.8, 4) is 0 Å². The fraction of sp³-hybridized carbons (Fsp3) is 0.500. The van der Waals surface area contributed by atoms with Crippen molar-refractivity contribution < 1.29 is 9.90 Å². The number of nitrogens with zero attached hydrogens (tertiary/aromatic N) is 3. The molecular formula is C14H19N3O2. The molecule has 2 rings (SSSR count). The molecule has 1 N–H and O–H groups in total. The number of pyridine rings is 1. The molecule has 5 heteroatoms. The maximum atomic E-state index is 10.5. The molecule has 0 aliphatic rings. The van der Waals surface area contributed by atoms with Crippen LogP contribution in [0.5, 0.6) is 0 Å². The summed E-state index contributed by atoms with van der Waals surface area (Å²) >= 11 is 0. The van der Waals surface area contributed by atoms with Gasteiger partial charge in [0.25, 0.3) is 0 Å². The van der Waals surface area contributed by atoms with E-state index in [0.717, 1.165) is 29.8 Å². The number of carbonyl (C=O) groups is 1. The first-order valence-electron chi connectivity index (χ1n) is 6.63. The molecule has 2 aromatic rings. The van der Waals surface area contributed by atoms with E-state index in [1.807, 2.05) is 12.1 Å². The van der Waals surface area contributed by atoms with Crippen LogP contribution in [0.25, 0.3) is 11.2 Å². The number of fused-ring (bicyclic) bond motifs is 1. The quantitative estimate of drug-likeness (QED) is 0.812. The average molecular weight is 261 g/mol. The summed E-state index contributed by atoms with van der Waals surface area (Å²) in [6.07, 6.45) is 4.31. The second kappa shape index (κ2) is 5.82. The van der Waals surface area contributed by atoms with Gasteiger partial charge in [-0.25, -0.2) is 9.97 Å². The summed E-state index contributed by atoms with van der Waals surface area (Å²) in [6.45, 7) is 4.22. The molecule has 0 unspecified atom stereocenters. The molecule has 0 saturated carbocycles. The summed E-state index contributed by atoms with van der Waals surface area (Å²) in [7, 11) is 0. The van der Waals surface area contributed by atoms with Gasteiger partial charge in [-0.1, -0.05) is 0 Å². The van der Waals surface area contributed by atoms with Crippen LogP contribution < -0.4 is 0 Å². The van der Waals surface area contributed by atoms with Crippen molar-refractivity contribution in [2.75, 3.05) is 0 Å². The Hall–Kier alpha value is -1.91. The van der Waals surface area contributed by atoms with E-state index in [9.17, 15) is 4.79 Å². The van der Waals surface area contributed by atoms with Crippen molar-refractivity contribution in [3.63, 3.8) is 0 Å². The highest BCUT2D eigenvalue weighted by Gasteiger charge is 2.13. The van der Waals surface area contributed by atoms with Crippen molar-refractivity contribution in [3.05, 3.63) is 24.2 Å². The van der Waals surface area contributed by atoms with Gasteiger partial charge in [-0.2, -0.15) is 0 Å². The Bertz CT molecular complexity index is 575. The molecule has 2 aromatic heterocycles. The van der Waals surface area contributed by atoms with Crippen LogP contribution in [-0.4, -0.2) is 25.6 Å². The Labute approximate surface area is 112 Å². The molecule has 0 amide bonds. The zero-order valence-corrected chi connectivity index (χ0v) is 11.3. The predicted molar refractivity (Wildman–Crippen MR) is 73.1 cm³/mol. The van der Waals surface area contributed by atoms with E-state index in [-0.39, 0.29) is 6.42 Å². The van der Waals surface area contributed by atoms with E-state index in [1.165, 1.54) is 0 Å². The number of aromatic nitrogens is 3. The van der Waals surface area contributed by atoms with Crippen LogP contribution in [0.3, 0.4) is 0 Å². The lowest BCUT2D eigenvalue weighted by Gasteiger charge is -2.11. The number of hydrogen-bond donors (Lipinski definition) is 1. The molecule has 102 valence electrons.